The Bertz CT molecular complexity index is 1280. The van der Waals surface area contributed by atoms with Crippen LogP contribution < -0.4 is 0 Å². The molecule has 3 aromatic heterocycles. The van der Waals surface area contributed by atoms with Gasteiger partial charge in [0.05, 0.1) is 16.8 Å². The second-order valence-corrected chi connectivity index (χ2v) is 7.92. The Kier molecular flexibility index (Phi) is 4.69. The first-order chi connectivity index (χ1) is 15.0. The molecular formula is C23H22N6O2. The maximum atomic E-state index is 13.8. The third kappa shape index (κ3) is 3.34. The zero-order valence-electron chi connectivity index (χ0n) is 17.7. The number of amides is 1. The zero-order chi connectivity index (χ0) is 21.5. The predicted octanol–water partition coefficient (Wildman–Crippen LogP) is 3.98. The normalized spacial score (nSPS) is 16.2. The first-order valence-corrected chi connectivity index (χ1v) is 10.3. The second-order valence-electron chi connectivity index (χ2n) is 7.92. The van der Waals surface area contributed by atoms with E-state index in [4.69, 9.17) is 9.51 Å². The lowest BCUT2D eigenvalue weighted by Crippen LogP contribution is -2.31. The van der Waals surface area contributed by atoms with Crippen molar-refractivity contribution in [2.75, 3.05) is 6.54 Å². The Hall–Kier alpha value is -3.68. The van der Waals surface area contributed by atoms with Gasteiger partial charge in [-0.1, -0.05) is 17.3 Å². The number of hydrogen-bond donors (Lipinski definition) is 0. The van der Waals surface area contributed by atoms with Gasteiger partial charge in [-0.2, -0.15) is 4.98 Å². The molecule has 0 N–H and O–H groups in total. The summed E-state index contributed by atoms with van der Waals surface area (Å²) in [7, 11) is 0. The molecule has 4 heterocycles. The maximum Gasteiger partial charge on any atom is 0.255 e. The smallest absolute Gasteiger partial charge is 0.255 e. The Morgan fingerprint density at radius 2 is 1.94 bits per heavy atom. The number of benzene rings is 1. The predicted molar refractivity (Wildman–Crippen MR) is 114 cm³/mol. The van der Waals surface area contributed by atoms with E-state index in [1.807, 2.05) is 36.9 Å². The molecular weight excluding hydrogens is 392 g/mol. The van der Waals surface area contributed by atoms with Crippen molar-refractivity contribution in [2.24, 2.45) is 0 Å². The highest BCUT2D eigenvalue weighted by Crippen LogP contribution is 2.35. The van der Waals surface area contributed by atoms with E-state index in [2.05, 4.69) is 20.1 Å². The van der Waals surface area contributed by atoms with Gasteiger partial charge in [0.1, 0.15) is 12.4 Å². The molecule has 156 valence electrons. The first-order valence-electron chi connectivity index (χ1n) is 10.3. The van der Waals surface area contributed by atoms with Crippen LogP contribution in [-0.4, -0.2) is 42.4 Å². The van der Waals surface area contributed by atoms with Gasteiger partial charge in [-0.3, -0.25) is 4.79 Å². The van der Waals surface area contributed by atoms with E-state index in [1.54, 1.807) is 19.3 Å². The van der Waals surface area contributed by atoms with Crippen molar-refractivity contribution in [3.63, 3.8) is 0 Å². The lowest BCUT2D eigenvalue weighted by atomic mass is 9.99. The third-order valence-corrected chi connectivity index (χ3v) is 5.93. The molecule has 1 fully saturated rings. The molecule has 1 saturated heterocycles. The number of carbonyl (C=O) groups is 1. The fourth-order valence-corrected chi connectivity index (χ4v) is 4.16. The average Bonchev–Trinajstić information content (AvgIpc) is 3.45. The average molecular weight is 414 g/mol. The van der Waals surface area contributed by atoms with Crippen LogP contribution in [0, 0.1) is 20.8 Å². The molecule has 1 aliphatic rings. The molecule has 31 heavy (non-hydrogen) atoms. The monoisotopic (exact) mass is 414 g/mol. The van der Waals surface area contributed by atoms with Crippen molar-refractivity contribution in [3.05, 3.63) is 65.3 Å². The Morgan fingerprint density at radius 3 is 2.68 bits per heavy atom. The highest BCUT2D eigenvalue weighted by Gasteiger charge is 2.35. The van der Waals surface area contributed by atoms with Gasteiger partial charge in [0.2, 0.25) is 5.89 Å². The highest BCUT2D eigenvalue weighted by molar-refractivity contribution is 6.08. The van der Waals surface area contributed by atoms with Crippen molar-refractivity contribution in [2.45, 2.75) is 39.7 Å². The number of pyridine rings is 1. The van der Waals surface area contributed by atoms with Crippen LogP contribution >= 0.6 is 0 Å². The van der Waals surface area contributed by atoms with E-state index in [9.17, 15) is 4.79 Å². The van der Waals surface area contributed by atoms with E-state index < -0.39 is 0 Å². The van der Waals surface area contributed by atoms with Crippen LogP contribution in [0.2, 0.25) is 0 Å². The van der Waals surface area contributed by atoms with Crippen molar-refractivity contribution in [1.82, 2.24) is 30.0 Å². The summed E-state index contributed by atoms with van der Waals surface area (Å²) in [5.74, 6) is 0.999. The summed E-state index contributed by atoms with van der Waals surface area (Å²) in [6.45, 7) is 6.50. The Labute approximate surface area is 179 Å². The van der Waals surface area contributed by atoms with Gasteiger partial charge in [-0.05, 0) is 50.8 Å². The van der Waals surface area contributed by atoms with Gasteiger partial charge >= 0.3 is 0 Å². The number of likely N-dealkylation sites (tertiary alicyclic amines) is 1. The van der Waals surface area contributed by atoms with Gasteiger partial charge in [0, 0.05) is 29.9 Å². The van der Waals surface area contributed by atoms with Crippen molar-refractivity contribution < 1.29 is 9.32 Å². The molecule has 1 aliphatic heterocycles. The summed E-state index contributed by atoms with van der Waals surface area (Å²) in [6, 6.07) is 5.63. The minimum absolute atomic E-state index is 0.0629. The molecule has 0 bridgehead atoms. The van der Waals surface area contributed by atoms with Crippen LogP contribution in [0.25, 0.3) is 22.2 Å². The number of aryl methyl sites for hydroxylation is 3. The maximum absolute atomic E-state index is 13.8. The van der Waals surface area contributed by atoms with Gasteiger partial charge in [-0.25, -0.2) is 15.0 Å². The fraction of sp³-hybridized carbons (Fsp3) is 0.304. The summed E-state index contributed by atoms with van der Waals surface area (Å²) < 4.78 is 5.40. The summed E-state index contributed by atoms with van der Waals surface area (Å²) in [6.07, 6.45) is 6.58. The molecule has 5 rings (SSSR count). The van der Waals surface area contributed by atoms with E-state index in [1.165, 1.54) is 6.33 Å². The van der Waals surface area contributed by atoms with Crippen LogP contribution in [-0.2, 0) is 0 Å². The molecule has 1 amide bonds. The first kappa shape index (κ1) is 19.3. The minimum Gasteiger partial charge on any atom is -0.337 e. The fourth-order valence-electron chi connectivity index (χ4n) is 4.16. The third-order valence-electron chi connectivity index (χ3n) is 5.93. The van der Waals surface area contributed by atoms with Crippen LogP contribution in [0.1, 0.15) is 52.1 Å². The lowest BCUT2D eigenvalue weighted by molar-refractivity contribution is 0.0712. The molecule has 8 heteroatoms. The topological polar surface area (TPSA) is 97.9 Å². The summed E-state index contributed by atoms with van der Waals surface area (Å²) >= 11 is 0. The van der Waals surface area contributed by atoms with Crippen molar-refractivity contribution in [3.8, 4) is 11.3 Å². The number of carbonyl (C=O) groups excluding carboxylic acids is 1. The van der Waals surface area contributed by atoms with Gasteiger partial charge < -0.3 is 9.42 Å². The largest absolute Gasteiger partial charge is 0.337 e. The SMILES string of the molecule is Cc1noc([C@@H]2CCCN2C(=O)c2cc(-c3cncnc3)nc3c(C)c(C)ccc23)n1. The Morgan fingerprint density at radius 1 is 1.13 bits per heavy atom. The lowest BCUT2D eigenvalue weighted by Gasteiger charge is -2.23. The summed E-state index contributed by atoms with van der Waals surface area (Å²) in [5.41, 5.74) is 5.04. The molecule has 0 radical (unpaired) electrons. The van der Waals surface area contributed by atoms with Crippen molar-refractivity contribution in [1.29, 1.82) is 0 Å². The number of fused-ring (bicyclic) bond motifs is 1. The molecule has 0 saturated carbocycles. The van der Waals surface area contributed by atoms with Crippen LogP contribution in [0.3, 0.4) is 0 Å². The van der Waals surface area contributed by atoms with E-state index >= 15 is 0 Å². The highest BCUT2D eigenvalue weighted by atomic mass is 16.5. The second kappa shape index (κ2) is 7.54. The molecule has 1 aromatic carbocycles. The van der Waals surface area contributed by atoms with E-state index in [-0.39, 0.29) is 11.9 Å². The number of aromatic nitrogens is 5. The van der Waals surface area contributed by atoms with Gasteiger partial charge in [0.25, 0.3) is 5.91 Å². The number of nitrogens with zero attached hydrogens (tertiary/aromatic N) is 6. The van der Waals surface area contributed by atoms with Crippen LogP contribution in [0.15, 0.2) is 41.4 Å². The standard InChI is InChI=1S/C23H22N6O2/c1-13-6-7-17-18(9-19(27-21(17)14(13)2)16-10-24-12-25-11-16)23(30)29-8-4-5-20(29)22-26-15(3)28-31-22/h6-7,9-12,20H,4-5,8H2,1-3H3/t20-/m0/s1. The Balaban J connectivity index is 1.66. The summed E-state index contributed by atoms with van der Waals surface area (Å²) in [4.78, 5) is 33.1. The molecule has 0 unspecified atom stereocenters. The zero-order valence-corrected chi connectivity index (χ0v) is 17.7. The molecule has 0 aliphatic carbocycles. The van der Waals surface area contributed by atoms with Gasteiger partial charge in [-0.15, -0.1) is 0 Å². The number of hydrogen-bond acceptors (Lipinski definition) is 7. The van der Waals surface area contributed by atoms with Crippen molar-refractivity contribution >= 4 is 16.8 Å². The van der Waals surface area contributed by atoms with E-state index in [0.717, 1.165) is 40.4 Å². The number of rotatable bonds is 3. The van der Waals surface area contributed by atoms with E-state index in [0.29, 0.717) is 29.5 Å². The van der Waals surface area contributed by atoms with Gasteiger partial charge in [0.15, 0.2) is 5.82 Å². The molecule has 4 aromatic rings. The quantitative estimate of drug-likeness (QED) is 0.500. The molecule has 8 nitrogen and oxygen atoms in total. The minimum atomic E-state index is -0.216. The molecule has 1 atom stereocenters. The molecule has 0 spiro atoms. The van der Waals surface area contributed by atoms with Crippen LogP contribution in [0.4, 0.5) is 0 Å². The van der Waals surface area contributed by atoms with Crippen LogP contribution in [0.5, 0.6) is 0 Å². The summed E-state index contributed by atoms with van der Waals surface area (Å²) in [5, 5.41) is 4.74.